The maximum absolute atomic E-state index is 12.8. The number of unbranched alkanes of at least 4 members (excludes halogenated alkanes) is 14. The number of ether oxygens (including phenoxy) is 3. The van der Waals surface area contributed by atoms with Crippen LogP contribution in [0, 0.1) is 0 Å². The molecule has 0 radical (unpaired) electrons. The zero-order valence-electron chi connectivity index (χ0n) is 22.5. The molecule has 0 bridgehead atoms. The van der Waals surface area contributed by atoms with Crippen LogP contribution in [0.25, 0.3) is 11.0 Å². The van der Waals surface area contributed by atoms with Gasteiger partial charge >= 0.3 is 5.63 Å². The van der Waals surface area contributed by atoms with Crippen LogP contribution in [0.5, 0.6) is 17.2 Å². The highest BCUT2D eigenvalue weighted by Crippen LogP contribution is 2.39. The van der Waals surface area contributed by atoms with Crippen LogP contribution in [0.3, 0.4) is 0 Å². The van der Waals surface area contributed by atoms with Gasteiger partial charge in [-0.2, -0.15) is 0 Å². The Bertz CT molecular complexity index is 873. The van der Waals surface area contributed by atoms with Gasteiger partial charge in [0.1, 0.15) is 16.7 Å². The van der Waals surface area contributed by atoms with Crippen molar-refractivity contribution in [2.75, 3.05) is 20.3 Å². The summed E-state index contributed by atoms with van der Waals surface area (Å²) in [4.78, 5) is 12.8. The summed E-state index contributed by atoms with van der Waals surface area (Å²) < 4.78 is 23.3. The van der Waals surface area contributed by atoms with Crippen LogP contribution in [0.15, 0.2) is 27.4 Å². The minimum atomic E-state index is -0.490. The van der Waals surface area contributed by atoms with Gasteiger partial charge in [0.15, 0.2) is 5.75 Å². The van der Waals surface area contributed by atoms with Crippen molar-refractivity contribution in [1.82, 2.24) is 0 Å². The molecule has 0 fully saturated rings. The molecule has 0 atom stereocenters. The van der Waals surface area contributed by atoms with Crippen LogP contribution in [-0.4, -0.2) is 20.3 Å². The third-order valence-corrected chi connectivity index (χ3v) is 6.52. The number of rotatable bonds is 21. The summed E-state index contributed by atoms with van der Waals surface area (Å²) in [5.41, 5.74) is -0.0315. The van der Waals surface area contributed by atoms with E-state index in [1.807, 2.05) is 12.1 Å². The van der Waals surface area contributed by atoms with Crippen molar-refractivity contribution < 1.29 is 18.6 Å². The second-order valence-corrected chi connectivity index (χ2v) is 9.53. The quantitative estimate of drug-likeness (QED) is 0.130. The minimum absolute atomic E-state index is 0.171. The number of fused-ring (bicyclic) bond motifs is 1. The number of hydrogen-bond donors (Lipinski definition) is 0. The number of methoxy groups -OCH3 is 1. The van der Waals surface area contributed by atoms with E-state index in [2.05, 4.69) is 13.8 Å². The molecule has 1 aromatic heterocycles. The second-order valence-electron chi connectivity index (χ2n) is 9.53. The van der Waals surface area contributed by atoms with E-state index in [1.54, 1.807) is 13.2 Å². The van der Waals surface area contributed by atoms with Gasteiger partial charge in [0, 0.05) is 0 Å². The fraction of sp³-hybridized carbons (Fsp3) is 0.700. The van der Waals surface area contributed by atoms with E-state index in [9.17, 15) is 4.79 Å². The lowest BCUT2D eigenvalue weighted by molar-refractivity contribution is 0.249. The SMILES string of the molecule is CCCCCCCCCCOc1c(OCCCCCCCCCC)c2c(OC)cccc2oc1=O. The summed E-state index contributed by atoms with van der Waals surface area (Å²) in [5, 5.41) is 0.667. The third-order valence-electron chi connectivity index (χ3n) is 6.52. The maximum Gasteiger partial charge on any atom is 0.383 e. The zero-order valence-corrected chi connectivity index (χ0v) is 22.5. The molecule has 0 aliphatic rings. The Morgan fingerprint density at radius 3 is 1.66 bits per heavy atom. The molecule has 0 spiro atoms. The molecular weight excluding hydrogens is 440 g/mol. The molecule has 0 saturated heterocycles. The highest BCUT2D eigenvalue weighted by molar-refractivity contribution is 5.91. The number of benzene rings is 1. The van der Waals surface area contributed by atoms with Crippen LogP contribution in [0.4, 0.5) is 0 Å². The first-order valence-corrected chi connectivity index (χ1v) is 14.1. The van der Waals surface area contributed by atoms with Gasteiger partial charge in [0.25, 0.3) is 0 Å². The molecule has 198 valence electrons. The molecule has 0 aliphatic carbocycles. The first kappa shape index (κ1) is 29.1. The van der Waals surface area contributed by atoms with Crippen molar-refractivity contribution in [2.45, 2.75) is 117 Å². The Morgan fingerprint density at radius 1 is 0.657 bits per heavy atom. The van der Waals surface area contributed by atoms with E-state index < -0.39 is 5.63 Å². The van der Waals surface area contributed by atoms with Gasteiger partial charge in [-0.15, -0.1) is 0 Å². The van der Waals surface area contributed by atoms with Crippen molar-refractivity contribution in [3.05, 3.63) is 28.6 Å². The van der Waals surface area contributed by atoms with E-state index in [0.717, 1.165) is 25.7 Å². The maximum atomic E-state index is 12.8. The van der Waals surface area contributed by atoms with Gasteiger partial charge < -0.3 is 18.6 Å². The third kappa shape index (κ3) is 10.5. The van der Waals surface area contributed by atoms with E-state index in [0.29, 0.717) is 35.7 Å². The van der Waals surface area contributed by atoms with Gasteiger partial charge in [-0.25, -0.2) is 4.79 Å². The molecule has 5 heteroatoms. The van der Waals surface area contributed by atoms with Gasteiger partial charge in [-0.05, 0) is 25.0 Å². The van der Waals surface area contributed by atoms with E-state index in [4.69, 9.17) is 18.6 Å². The van der Waals surface area contributed by atoms with Crippen LogP contribution in [0.1, 0.15) is 117 Å². The molecule has 5 nitrogen and oxygen atoms in total. The molecule has 2 aromatic rings. The summed E-state index contributed by atoms with van der Waals surface area (Å²) in [6, 6.07) is 5.44. The average Bonchev–Trinajstić information content (AvgIpc) is 2.87. The highest BCUT2D eigenvalue weighted by Gasteiger charge is 2.21. The fourth-order valence-electron chi connectivity index (χ4n) is 4.42. The number of hydrogen-bond acceptors (Lipinski definition) is 5. The summed E-state index contributed by atoms with van der Waals surface area (Å²) in [6.07, 6.45) is 19.5. The van der Waals surface area contributed by atoms with Gasteiger partial charge in [-0.3, -0.25) is 0 Å². The molecule has 0 aliphatic heterocycles. The lowest BCUT2D eigenvalue weighted by Gasteiger charge is -2.15. The first-order valence-electron chi connectivity index (χ1n) is 14.1. The van der Waals surface area contributed by atoms with Gasteiger partial charge in [-0.1, -0.05) is 110 Å². The van der Waals surface area contributed by atoms with E-state index in [1.165, 1.54) is 77.0 Å². The molecule has 0 N–H and O–H groups in total. The molecule has 2 rings (SSSR count). The predicted molar refractivity (Wildman–Crippen MR) is 145 cm³/mol. The Balaban J connectivity index is 1.94. The second kappa shape index (κ2) is 18.1. The molecule has 0 amide bonds. The lowest BCUT2D eigenvalue weighted by atomic mass is 10.1. The largest absolute Gasteiger partial charge is 0.496 e. The lowest BCUT2D eigenvalue weighted by Crippen LogP contribution is -2.12. The normalized spacial score (nSPS) is 11.2. The minimum Gasteiger partial charge on any atom is -0.496 e. The summed E-state index contributed by atoms with van der Waals surface area (Å²) in [6.45, 7) is 5.51. The summed E-state index contributed by atoms with van der Waals surface area (Å²) in [7, 11) is 1.61. The van der Waals surface area contributed by atoms with Crippen LogP contribution >= 0.6 is 0 Å². The Kier molecular flexibility index (Phi) is 15.1. The Labute approximate surface area is 212 Å². The van der Waals surface area contributed by atoms with Gasteiger partial charge in [0.2, 0.25) is 5.75 Å². The molecule has 0 unspecified atom stereocenters. The highest BCUT2D eigenvalue weighted by atomic mass is 16.5. The van der Waals surface area contributed by atoms with Crippen molar-refractivity contribution in [1.29, 1.82) is 0 Å². The molecular formula is C30H48O5. The average molecular weight is 489 g/mol. The predicted octanol–water partition coefficient (Wildman–Crippen LogP) is 8.84. The van der Waals surface area contributed by atoms with Crippen LogP contribution < -0.4 is 19.8 Å². The van der Waals surface area contributed by atoms with Crippen molar-refractivity contribution in [2.24, 2.45) is 0 Å². The van der Waals surface area contributed by atoms with Crippen molar-refractivity contribution >= 4 is 11.0 Å². The fourth-order valence-corrected chi connectivity index (χ4v) is 4.42. The molecule has 0 saturated carbocycles. The first-order chi connectivity index (χ1) is 17.2. The molecule has 1 aromatic carbocycles. The smallest absolute Gasteiger partial charge is 0.383 e. The summed E-state index contributed by atoms with van der Waals surface area (Å²) >= 11 is 0. The standard InChI is InChI=1S/C30H48O5/c1-4-6-8-10-12-14-16-18-23-33-28-27-25(32-3)21-20-22-26(27)35-30(31)29(28)34-24-19-17-15-13-11-9-7-5-2/h20-22H,4-19,23-24H2,1-3H3. The molecule has 1 heterocycles. The van der Waals surface area contributed by atoms with Crippen molar-refractivity contribution in [3.8, 4) is 17.2 Å². The van der Waals surface area contributed by atoms with Crippen molar-refractivity contribution in [3.63, 3.8) is 0 Å². The van der Waals surface area contributed by atoms with Crippen LogP contribution in [-0.2, 0) is 0 Å². The summed E-state index contributed by atoms with van der Waals surface area (Å²) in [5.74, 6) is 1.25. The molecule has 35 heavy (non-hydrogen) atoms. The zero-order chi connectivity index (χ0) is 25.1. The monoisotopic (exact) mass is 488 g/mol. The van der Waals surface area contributed by atoms with Gasteiger partial charge in [0.05, 0.1) is 20.3 Å². The van der Waals surface area contributed by atoms with E-state index in [-0.39, 0.29) is 5.75 Å². The Morgan fingerprint density at radius 2 is 1.14 bits per heavy atom. The van der Waals surface area contributed by atoms with E-state index >= 15 is 0 Å². The topological polar surface area (TPSA) is 57.9 Å². The Hall–Kier alpha value is -2.17. The van der Waals surface area contributed by atoms with Crippen LogP contribution in [0.2, 0.25) is 0 Å².